The lowest BCUT2D eigenvalue weighted by Crippen LogP contribution is -2.41. The first kappa shape index (κ1) is 17.0. The largest absolute Gasteiger partial charge is 0.480 e. The fourth-order valence-corrected chi connectivity index (χ4v) is 2.12. The Hall–Kier alpha value is -2.38. The van der Waals surface area contributed by atoms with Crippen LogP contribution in [0, 0.1) is 0 Å². The summed E-state index contributed by atoms with van der Waals surface area (Å²) >= 11 is 6.05. The number of amides is 1. The molecule has 0 fully saturated rings. The van der Waals surface area contributed by atoms with Crippen LogP contribution >= 0.6 is 11.6 Å². The van der Waals surface area contributed by atoms with Gasteiger partial charge in [0.1, 0.15) is 6.04 Å². The number of hydrogen-bond acceptors (Lipinski definition) is 5. The summed E-state index contributed by atoms with van der Waals surface area (Å²) in [5.74, 6) is -1.47. The molecule has 1 unspecified atom stereocenters. The zero-order chi connectivity index (χ0) is 16.8. The maximum atomic E-state index is 12.1. The first-order chi connectivity index (χ1) is 11.0. The molecule has 0 aliphatic heterocycles. The predicted octanol–water partition coefficient (Wildman–Crippen LogP) is 2.21. The van der Waals surface area contributed by atoms with Crippen LogP contribution in [-0.4, -0.2) is 41.9 Å². The molecule has 1 aromatic heterocycles. The number of carbonyl (C=O) groups is 2. The molecular weight excluding hydrogens is 324 g/mol. The topological polar surface area (TPSA) is 102 Å². The van der Waals surface area contributed by atoms with E-state index in [4.69, 9.17) is 26.0 Å². The Kier molecular flexibility index (Phi) is 5.72. The van der Waals surface area contributed by atoms with Crippen molar-refractivity contribution >= 4 is 23.5 Å². The lowest BCUT2D eigenvalue weighted by Gasteiger charge is -2.12. The summed E-state index contributed by atoms with van der Waals surface area (Å²) < 4.78 is 9.93. The highest BCUT2D eigenvalue weighted by Crippen LogP contribution is 2.27. The number of ether oxygens (including phenoxy) is 1. The Morgan fingerprint density at radius 1 is 1.43 bits per heavy atom. The summed E-state index contributed by atoms with van der Waals surface area (Å²) in [5, 5.41) is 15.6. The Morgan fingerprint density at radius 3 is 2.83 bits per heavy atom. The number of carboxylic acid groups (broad SMARTS) is 1. The van der Waals surface area contributed by atoms with Crippen LogP contribution in [0.15, 0.2) is 34.9 Å². The highest BCUT2D eigenvalue weighted by molar-refractivity contribution is 6.33. The highest BCUT2D eigenvalue weighted by Gasteiger charge is 2.23. The number of nitrogens with zero attached hydrogens (tertiary/aromatic N) is 1. The van der Waals surface area contributed by atoms with E-state index in [0.717, 1.165) is 0 Å². The molecule has 0 radical (unpaired) electrons. The molecule has 1 atom stereocenters. The minimum atomic E-state index is -1.15. The maximum Gasteiger partial charge on any atom is 0.326 e. The molecular formula is C15H15ClN2O5. The monoisotopic (exact) mass is 338 g/mol. The van der Waals surface area contributed by atoms with E-state index in [9.17, 15) is 9.59 Å². The van der Waals surface area contributed by atoms with Gasteiger partial charge < -0.3 is 19.7 Å². The molecule has 0 aliphatic rings. The Bertz CT molecular complexity index is 701. The second-order valence-corrected chi connectivity index (χ2v) is 5.11. The Balaban J connectivity index is 2.12. The van der Waals surface area contributed by atoms with Gasteiger partial charge in [0.2, 0.25) is 0 Å². The van der Waals surface area contributed by atoms with Crippen LogP contribution in [0.4, 0.5) is 0 Å². The van der Waals surface area contributed by atoms with E-state index < -0.39 is 17.9 Å². The van der Waals surface area contributed by atoms with Crippen molar-refractivity contribution in [3.05, 3.63) is 41.0 Å². The lowest BCUT2D eigenvalue weighted by atomic mass is 10.1. The molecule has 1 heterocycles. The fraction of sp³-hybridized carbons (Fsp3) is 0.267. The van der Waals surface area contributed by atoms with Crippen molar-refractivity contribution < 1.29 is 24.0 Å². The molecule has 0 spiro atoms. The molecule has 8 heteroatoms. The molecule has 2 aromatic rings. The van der Waals surface area contributed by atoms with Crippen LogP contribution < -0.4 is 5.32 Å². The van der Waals surface area contributed by atoms with E-state index in [1.54, 1.807) is 24.3 Å². The van der Waals surface area contributed by atoms with Gasteiger partial charge in [-0.3, -0.25) is 4.79 Å². The number of carboxylic acids is 1. The second kappa shape index (κ2) is 7.75. The smallest absolute Gasteiger partial charge is 0.326 e. The zero-order valence-electron chi connectivity index (χ0n) is 12.3. The number of carbonyl (C=O) groups excluding carboxylic acids is 1. The summed E-state index contributed by atoms with van der Waals surface area (Å²) in [6, 6.07) is 7.29. The SMILES string of the molecule is COCCC(NC(=O)c1cc(-c2ccccc2Cl)on1)C(=O)O. The minimum absolute atomic E-state index is 0.0245. The van der Waals surface area contributed by atoms with Gasteiger partial charge in [0.25, 0.3) is 5.91 Å². The van der Waals surface area contributed by atoms with Gasteiger partial charge in [-0.05, 0) is 12.1 Å². The average Bonchev–Trinajstić information content (AvgIpc) is 3.01. The molecule has 2 rings (SSSR count). The third-order valence-corrected chi connectivity index (χ3v) is 3.43. The number of halogens is 1. The van der Waals surface area contributed by atoms with Gasteiger partial charge in [-0.2, -0.15) is 0 Å². The number of aromatic nitrogens is 1. The summed E-state index contributed by atoms with van der Waals surface area (Å²) in [7, 11) is 1.45. The number of hydrogen-bond donors (Lipinski definition) is 2. The van der Waals surface area contributed by atoms with Gasteiger partial charge in [-0.15, -0.1) is 0 Å². The summed E-state index contributed by atoms with van der Waals surface area (Å²) in [4.78, 5) is 23.2. The van der Waals surface area contributed by atoms with Gasteiger partial charge in [-0.1, -0.05) is 28.9 Å². The summed E-state index contributed by atoms with van der Waals surface area (Å²) in [6.07, 6.45) is 0.146. The molecule has 0 bridgehead atoms. The Labute approximate surface area is 137 Å². The third kappa shape index (κ3) is 4.30. The van der Waals surface area contributed by atoms with Crippen LogP contribution in [0.3, 0.4) is 0 Å². The van der Waals surface area contributed by atoms with Crippen molar-refractivity contribution in [1.82, 2.24) is 10.5 Å². The van der Waals surface area contributed by atoms with Gasteiger partial charge in [0.05, 0.1) is 5.02 Å². The van der Waals surface area contributed by atoms with Crippen molar-refractivity contribution in [2.45, 2.75) is 12.5 Å². The third-order valence-electron chi connectivity index (χ3n) is 3.10. The van der Waals surface area contributed by atoms with Crippen LogP contribution in [-0.2, 0) is 9.53 Å². The maximum absolute atomic E-state index is 12.1. The van der Waals surface area contributed by atoms with E-state index in [2.05, 4.69) is 10.5 Å². The molecule has 2 N–H and O–H groups in total. The van der Waals surface area contributed by atoms with Gasteiger partial charge >= 0.3 is 5.97 Å². The standard InChI is InChI=1S/C15H15ClN2O5/c1-22-7-6-11(15(20)21)17-14(19)12-8-13(23-18-12)9-4-2-3-5-10(9)16/h2-5,8,11H,6-7H2,1H3,(H,17,19)(H,20,21). The lowest BCUT2D eigenvalue weighted by molar-refractivity contribution is -0.139. The van der Waals surface area contributed by atoms with Crippen LogP contribution in [0.25, 0.3) is 11.3 Å². The molecule has 23 heavy (non-hydrogen) atoms. The summed E-state index contributed by atoms with van der Waals surface area (Å²) in [5.41, 5.74) is 0.568. The van der Waals surface area contributed by atoms with Crippen molar-refractivity contribution in [2.75, 3.05) is 13.7 Å². The van der Waals surface area contributed by atoms with Crippen molar-refractivity contribution in [3.63, 3.8) is 0 Å². The van der Waals surface area contributed by atoms with E-state index in [0.29, 0.717) is 16.3 Å². The number of nitrogens with one attached hydrogen (secondary N) is 1. The van der Waals surface area contributed by atoms with Crippen molar-refractivity contribution in [1.29, 1.82) is 0 Å². The van der Waals surface area contributed by atoms with Crippen LogP contribution in [0.5, 0.6) is 0 Å². The number of benzene rings is 1. The normalized spacial score (nSPS) is 11.9. The molecule has 1 amide bonds. The van der Waals surface area contributed by atoms with Crippen molar-refractivity contribution in [3.8, 4) is 11.3 Å². The van der Waals surface area contributed by atoms with Crippen LogP contribution in [0.1, 0.15) is 16.9 Å². The molecule has 122 valence electrons. The first-order valence-corrected chi connectivity index (χ1v) is 7.15. The van der Waals surface area contributed by atoms with E-state index in [1.807, 2.05) is 0 Å². The highest BCUT2D eigenvalue weighted by atomic mass is 35.5. The van der Waals surface area contributed by atoms with E-state index in [-0.39, 0.29) is 18.7 Å². The average molecular weight is 339 g/mol. The number of rotatable bonds is 7. The van der Waals surface area contributed by atoms with Crippen molar-refractivity contribution in [2.24, 2.45) is 0 Å². The molecule has 0 aliphatic carbocycles. The van der Waals surface area contributed by atoms with Gasteiger partial charge in [0.15, 0.2) is 11.5 Å². The first-order valence-electron chi connectivity index (χ1n) is 6.77. The fourth-order valence-electron chi connectivity index (χ4n) is 1.90. The quantitative estimate of drug-likeness (QED) is 0.802. The predicted molar refractivity (Wildman–Crippen MR) is 82.3 cm³/mol. The number of aliphatic carboxylic acids is 1. The zero-order valence-corrected chi connectivity index (χ0v) is 13.0. The minimum Gasteiger partial charge on any atom is -0.480 e. The molecule has 1 aromatic carbocycles. The van der Waals surface area contributed by atoms with Gasteiger partial charge in [0, 0.05) is 31.8 Å². The molecule has 0 saturated heterocycles. The number of methoxy groups -OCH3 is 1. The molecule has 0 saturated carbocycles. The second-order valence-electron chi connectivity index (χ2n) is 4.70. The van der Waals surface area contributed by atoms with E-state index in [1.165, 1.54) is 13.2 Å². The van der Waals surface area contributed by atoms with E-state index >= 15 is 0 Å². The Morgan fingerprint density at radius 2 is 2.17 bits per heavy atom. The van der Waals surface area contributed by atoms with Gasteiger partial charge in [-0.25, -0.2) is 4.79 Å². The molecule has 7 nitrogen and oxygen atoms in total. The summed E-state index contributed by atoms with van der Waals surface area (Å²) in [6.45, 7) is 0.209. The van der Waals surface area contributed by atoms with Crippen LogP contribution in [0.2, 0.25) is 5.02 Å².